The summed E-state index contributed by atoms with van der Waals surface area (Å²) in [5.74, 6) is 0. The Labute approximate surface area is 81.7 Å². The zero-order valence-corrected chi connectivity index (χ0v) is 8.02. The Morgan fingerprint density at radius 3 is 2.43 bits per heavy atom. The van der Waals surface area contributed by atoms with E-state index in [4.69, 9.17) is 5.11 Å². The molecule has 1 N–H and O–H groups in total. The molecule has 0 aromatic heterocycles. The number of unbranched alkanes of at least 4 members (excludes halogenated alkanes) is 3. The smallest absolute Gasteiger partial charge is 0.447 e. The number of carboxylic acid groups (broad SMARTS) is 1. The maximum atomic E-state index is 10.5. The van der Waals surface area contributed by atoms with Crippen molar-refractivity contribution in [3.05, 3.63) is 0 Å². The Bertz CT molecular complexity index is 179. The Balaban J connectivity index is 3.22. The summed E-state index contributed by atoms with van der Waals surface area (Å²) in [4.78, 5) is 27.6. The van der Waals surface area contributed by atoms with Gasteiger partial charge in [-0.15, -0.1) is 0 Å². The third kappa shape index (κ3) is 8.63. The van der Waals surface area contributed by atoms with Gasteiger partial charge in [0.2, 0.25) is 0 Å². The van der Waals surface area contributed by atoms with Crippen LogP contribution < -0.4 is 0 Å². The van der Waals surface area contributed by atoms with Gasteiger partial charge < -0.3 is 9.84 Å². The molecule has 0 spiro atoms. The molecule has 0 rings (SSSR count). The highest BCUT2D eigenvalue weighted by Gasteiger charge is 2.07. The lowest BCUT2D eigenvalue weighted by Gasteiger charge is -2.02. The standard InChI is InChI=1S/C8H14O6/c1-2-3-4-5-6-12-8(11)14-13-7(9)10/h2-6H2,1H3,(H,9,10). The quantitative estimate of drug-likeness (QED) is 0.321. The van der Waals surface area contributed by atoms with E-state index < -0.39 is 12.3 Å². The van der Waals surface area contributed by atoms with Gasteiger partial charge in [0.15, 0.2) is 0 Å². The summed E-state index contributed by atoms with van der Waals surface area (Å²) in [6.45, 7) is 2.28. The molecule has 0 aromatic carbocycles. The van der Waals surface area contributed by atoms with Crippen molar-refractivity contribution >= 4 is 12.3 Å². The summed E-state index contributed by atoms with van der Waals surface area (Å²) < 4.78 is 4.49. The Kier molecular flexibility index (Phi) is 7.30. The first-order valence-corrected chi connectivity index (χ1v) is 4.41. The van der Waals surface area contributed by atoms with Crippen LogP contribution in [0, 0.1) is 0 Å². The molecule has 0 atom stereocenters. The highest BCUT2D eigenvalue weighted by Crippen LogP contribution is 1.99. The largest absolute Gasteiger partial charge is 0.549 e. The number of rotatable bonds is 5. The Morgan fingerprint density at radius 2 is 1.86 bits per heavy atom. The summed E-state index contributed by atoms with van der Waals surface area (Å²) in [5.41, 5.74) is 0. The lowest BCUT2D eigenvalue weighted by Crippen LogP contribution is -2.11. The maximum Gasteiger partial charge on any atom is 0.549 e. The number of hydrogen-bond acceptors (Lipinski definition) is 5. The van der Waals surface area contributed by atoms with Crippen molar-refractivity contribution in [3.63, 3.8) is 0 Å². The van der Waals surface area contributed by atoms with Crippen LogP contribution in [-0.2, 0) is 14.5 Å². The first-order chi connectivity index (χ1) is 6.66. The molecule has 0 fully saturated rings. The molecular weight excluding hydrogens is 192 g/mol. The third-order valence-electron chi connectivity index (χ3n) is 1.40. The van der Waals surface area contributed by atoms with E-state index in [-0.39, 0.29) is 6.61 Å². The average Bonchev–Trinajstić information content (AvgIpc) is 2.14. The molecule has 0 saturated carbocycles. The SMILES string of the molecule is CCCCCCOC(=O)OOC(=O)O. The zero-order valence-electron chi connectivity index (χ0n) is 8.02. The van der Waals surface area contributed by atoms with E-state index in [1.54, 1.807) is 0 Å². The molecule has 6 nitrogen and oxygen atoms in total. The van der Waals surface area contributed by atoms with E-state index in [9.17, 15) is 9.59 Å². The first kappa shape index (κ1) is 12.5. The number of hydrogen-bond donors (Lipinski definition) is 1. The Morgan fingerprint density at radius 1 is 1.14 bits per heavy atom. The van der Waals surface area contributed by atoms with Crippen molar-refractivity contribution in [2.75, 3.05) is 6.61 Å². The molecule has 0 saturated heterocycles. The van der Waals surface area contributed by atoms with Gasteiger partial charge in [-0.1, -0.05) is 26.2 Å². The Hall–Kier alpha value is -1.46. The fourth-order valence-corrected chi connectivity index (χ4v) is 0.778. The van der Waals surface area contributed by atoms with Gasteiger partial charge >= 0.3 is 12.3 Å². The van der Waals surface area contributed by atoms with Gasteiger partial charge in [0.05, 0.1) is 6.61 Å². The molecule has 0 radical (unpaired) electrons. The fraction of sp³-hybridized carbons (Fsp3) is 0.750. The minimum Gasteiger partial charge on any atom is -0.447 e. The van der Waals surface area contributed by atoms with Crippen LogP contribution in [0.1, 0.15) is 32.6 Å². The van der Waals surface area contributed by atoms with Crippen LogP contribution in [-0.4, -0.2) is 24.0 Å². The zero-order chi connectivity index (χ0) is 10.8. The molecule has 82 valence electrons. The van der Waals surface area contributed by atoms with Crippen LogP contribution >= 0.6 is 0 Å². The van der Waals surface area contributed by atoms with Crippen LogP contribution in [0.2, 0.25) is 0 Å². The maximum absolute atomic E-state index is 10.5. The molecule has 14 heavy (non-hydrogen) atoms. The molecule has 0 aliphatic rings. The van der Waals surface area contributed by atoms with E-state index in [1.165, 1.54) is 0 Å². The molecule has 0 aromatic rings. The van der Waals surface area contributed by atoms with Crippen LogP contribution in [0.3, 0.4) is 0 Å². The predicted molar refractivity (Wildman–Crippen MR) is 45.7 cm³/mol. The number of ether oxygens (including phenoxy) is 1. The van der Waals surface area contributed by atoms with Gasteiger partial charge in [-0.25, -0.2) is 9.68 Å². The normalized spacial score (nSPS) is 9.21. The summed E-state index contributed by atoms with van der Waals surface area (Å²) in [5, 5.41) is 7.95. The number of carbonyl (C=O) groups is 2. The third-order valence-corrected chi connectivity index (χ3v) is 1.40. The van der Waals surface area contributed by atoms with E-state index in [1.807, 2.05) is 0 Å². The van der Waals surface area contributed by atoms with Crippen molar-refractivity contribution in [1.82, 2.24) is 0 Å². The van der Waals surface area contributed by atoms with Gasteiger partial charge in [0.1, 0.15) is 0 Å². The molecule has 0 unspecified atom stereocenters. The summed E-state index contributed by atoms with van der Waals surface area (Å²) in [6, 6.07) is 0. The van der Waals surface area contributed by atoms with E-state index in [0.717, 1.165) is 25.7 Å². The second kappa shape index (κ2) is 8.15. The summed E-state index contributed by atoms with van der Waals surface area (Å²) in [6.07, 6.45) is 1.03. The molecule has 0 aliphatic carbocycles. The molecular formula is C8H14O6. The van der Waals surface area contributed by atoms with E-state index >= 15 is 0 Å². The predicted octanol–water partition coefficient (Wildman–Crippen LogP) is 2.33. The summed E-state index contributed by atoms with van der Waals surface area (Å²) in [7, 11) is 0. The van der Waals surface area contributed by atoms with E-state index in [0.29, 0.717) is 0 Å². The molecule has 0 heterocycles. The van der Waals surface area contributed by atoms with Crippen molar-refractivity contribution in [2.24, 2.45) is 0 Å². The second-order valence-corrected chi connectivity index (χ2v) is 2.59. The van der Waals surface area contributed by atoms with Gasteiger partial charge in [-0.2, -0.15) is 9.68 Å². The average molecular weight is 206 g/mol. The molecule has 0 amide bonds. The first-order valence-electron chi connectivity index (χ1n) is 4.41. The van der Waals surface area contributed by atoms with Gasteiger partial charge in [-0.05, 0) is 6.42 Å². The highest BCUT2D eigenvalue weighted by atomic mass is 17.3. The highest BCUT2D eigenvalue weighted by molar-refractivity contribution is 5.62. The summed E-state index contributed by atoms with van der Waals surface area (Å²) >= 11 is 0. The lowest BCUT2D eigenvalue weighted by atomic mass is 10.2. The van der Waals surface area contributed by atoms with E-state index in [2.05, 4.69) is 21.4 Å². The van der Waals surface area contributed by atoms with Crippen LogP contribution in [0.25, 0.3) is 0 Å². The van der Waals surface area contributed by atoms with Crippen molar-refractivity contribution < 1.29 is 29.2 Å². The fourth-order valence-electron chi connectivity index (χ4n) is 0.778. The van der Waals surface area contributed by atoms with Crippen molar-refractivity contribution in [1.29, 1.82) is 0 Å². The van der Waals surface area contributed by atoms with Crippen molar-refractivity contribution in [3.8, 4) is 0 Å². The monoisotopic (exact) mass is 206 g/mol. The van der Waals surface area contributed by atoms with Crippen LogP contribution in [0.4, 0.5) is 9.59 Å². The lowest BCUT2D eigenvalue weighted by molar-refractivity contribution is -0.213. The molecule has 6 heteroatoms. The minimum atomic E-state index is -1.69. The second-order valence-electron chi connectivity index (χ2n) is 2.59. The molecule has 0 aliphatic heterocycles. The van der Waals surface area contributed by atoms with Crippen molar-refractivity contribution in [2.45, 2.75) is 32.6 Å². The van der Waals surface area contributed by atoms with Crippen LogP contribution in [0.15, 0.2) is 0 Å². The van der Waals surface area contributed by atoms with Gasteiger partial charge in [-0.3, -0.25) is 0 Å². The van der Waals surface area contributed by atoms with Gasteiger partial charge in [0, 0.05) is 0 Å². The van der Waals surface area contributed by atoms with Crippen LogP contribution in [0.5, 0.6) is 0 Å². The minimum absolute atomic E-state index is 0.210. The molecule has 0 bridgehead atoms. The van der Waals surface area contributed by atoms with Gasteiger partial charge in [0.25, 0.3) is 0 Å². The number of carbonyl (C=O) groups excluding carboxylic acids is 1. The topological polar surface area (TPSA) is 82.1 Å².